The van der Waals surface area contributed by atoms with Crippen LogP contribution in [-0.2, 0) is 4.74 Å². The summed E-state index contributed by atoms with van der Waals surface area (Å²) in [4.78, 5) is 13.0. The number of rotatable bonds is 1. The molecule has 12 heavy (non-hydrogen) atoms. The van der Waals surface area contributed by atoms with E-state index in [9.17, 15) is 4.79 Å². The van der Waals surface area contributed by atoms with Crippen LogP contribution >= 0.6 is 0 Å². The molecule has 3 nitrogen and oxygen atoms in total. The zero-order valence-corrected chi connectivity index (χ0v) is 7.88. The highest BCUT2D eigenvalue weighted by molar-refractivity contribution is 5.67. The molecule has 1 amide bonds. The van der Waals surface area contributed by atoms with Crippen LogP contribution in [0.1, 0.15) is 26.7 Å². The first-order valence-electron chi connectivity index (χ1n) is 4.65. The molecule has 0 aliphatic carbocycles. The van der Waals surface area contributed by atoms with Gasteiger partial charge in [0.1, 0.15) is 0 Å². The van der Waals surface area contributed by atoms with Crippen LogP contribution in [0.15, 0.2) is 0 Å². The Morgan fingerprint density at radius 1 is 1.50 bits per heavy atom. The van der Waals surface area contributed by atoms with Crippen molar-refractivity contribution in [1.29, 1.82) is 0 Å². The maximum Gasteiger partial charge on any atom is 0.409 e. The van der Waals surface area contributed by atoms with E-state index in [0.29, 0.717) is 6.61 Å². The summed E-state index contributed by atoms with van der Waals surface area (Å²) in [6, 6.07) is 0. The molecule has 1 heterocycles. The Morgan fingerprint density at radius 2 is 2.08 bits per heavy atom. The number of hydrogen-bond donors (Lipinski definition) is 0. The molecule has 1 aliphatic heterocycles. The smallest absolute Gasteiger partial charge is 0.409 e. The van der Waals surface area contributed by atoms with E-state index in [1.54, 1.807) is 4.90 Å². The van der Waals surface area contributed by atoms with E-state index in [0.717, 1.165) is 31.8 Å². The van der Waals surface area contributed by atoms with E-state index < -0.39 is 0 Å². The number of nitrogens with zero attached hydrogens (tertiary/aromatic N) is 1. The van der Waals surface area contributed by atoms with Crippen molar-refractivity contribution in [2.24, 2.45) is 5.92 Å². The third-order valence-electron chi connectivity index (χ3n) is 2.31. The fourth-order valence-electron chi connectivity index (χ4n) is 1.41. The predicted octanol–water partition coefficient (Wildman–Crippen LogP) is 1.87. The molecule has 0 unspecified atom stereocenters. The van der Waals surface area contributed by atoms with Gasteiger partial charge in [0.2, 0.25) is 0 Å². The molecule has 3 heteroatoms. The maximum absolute atomic E-state index is 11.2. The molecule has 0 aromatic rings. The van der Waals surface area contributed by atoms with Crippen molar-refractivity contribution in [2.75, 3.05) is 19.7 Å². The highest BCUT2D eigenvalue weighted by Gasteiger charge is 2.20. The first-order chi connectivity index (χ1) is 5.74. The van der Waals surface area contributed by atoms with Crippen LogP contribution < -0.4 is 0 Å². The highest BCUT2D eigenvalue weighted by atomic mass is 16.6. The Labute approximate surface area is 73.7 Å². The Bertz CT molecular complexity index is 151. The molecule has 0 saturated carbocycles. The van der Waals surface area contributed by atoms with Crippen molar-refractivity contribution in [3.05, 3.63) is 0 Å². The van der Waals surface area contributed by atoms with Gasteiger partial charge < -0.3 is 9.64 Å². The van der Waals surface area contributed by atoms with Gasteiger partial charge in [-0.3, -0.25) is 0 Å². The van der Waals surface area contributed by atoms with Crippen LogP contribution in [0.2, 0.25) is 0 Å². The minimum absolute atomic E-state index is 0.149. The Hall–Kier alpha value is -0.730. The molecule has 1 aliphatic rings. The summed E-state index contributed by atoms with van der Waals surface area (Å²) in [5.74, 6) is 0.760. The second-order valence-corrected chi connectivity index (χ2v) is 3.37. The summed E-state index contributed by atoms with van der Waals surface area (Å²) in [5, 5.41) is 0. The van der Waals surface area contributed by atoms with E-state index >= 15 is 0 Å². The molecule has 0 radical (unpaired) electrons. The van der Waals surface area contributed by atoms with Gasteiger partial charge >= 0.3 is 6.09 Å². The topological polar surface area (TPSA) is 29.5 Å². The van der Waals surface area contributed by atoms with E-state index in [-0.39, 0.29) is 6.09 Å². The third-order valence-corrected chi connectivity index (χ3v) is 2.31. The predicted molar refractivity (Wildman–Crippen MR) is 47.0 cm³/mol. The molecule has 0 spiro atoms. The van der Waals surface area contributed by atoms with E-state index in [4.69, 9.17) is 4.74 Å². The van der Waals surface area contributed by atoms with Gasteiger partial charge in [0.25, 0.3) is 0 Å². The second-order valence-electron chi connectivity index (χ2n) is 3.37. The summed E-state index contributed by atoms with van der Waals surface area (Å²) >= 11 is 0. The number of piperidine rings is 1. The van der Waals surface area contributed by atoms with E-state index in [1.807, 2.05) is 6.92 Å². The van der Waals surface area contributed by atoms with Crippen molar-refractivity contribution in [3.8, 4) is 0 Å². The molecular weight excluding hydrogens is 154 g/mol. The Morgan fingerprint density at radius 3 is 2.58 bits per heavy atom. The maximum atomic E-state index is 11.2. The van der Waals surface area contributed by atoms with Gasteiger partial charge in [-0.05, 0) is 25.7 Å². The number of likely N-dealkylation sites (tertiary alicyclic amines) is 1. The standard InChI is InChI=1S/C9H17NO2/c1-3-12-9(11)10-6-4-8(2)5-7-10/h8H,3-7H2,1-2H3. The van der Waals surface area contributed by atoms with Gasteiger partial charge in [-0.25, -0.2) is 4.79 Å². The van der Waals surface area contributed by atoms with Gasteiger partial charge in [0, 0.05) is 13.1 Å². The largest absolute Gasteiger partial charge is 0.450 e. The Balaban J connectivity index is 2.29. The number of ether oxygens (including phenoxy) is 1. The quantitative estimate of drug-likeness (QED) is 0.602. The molecule has 0 aromatic carbocycles. The zero-order valence-electron chi connectivity index (χ0n) is 7.88. The molecule has 1 fully saturated rings. The zero-order chi connectivity index (χ0) is 8.97. The van der Waals surface area contributed by atoms with Gasteiger partial charge in [-0.2, -0.15) is 0 Å². The summed E-state index contributed by atoms with van der Waals surface area (Å²) in [5.41, 5.74) is 0. The second kappa shape index (κ2) is 4.33. The van der Waals surface area contributed by atoms with Crippen molar-refractivity contribution in [3.63, 3.8) is 0 Å². The summed E-state index contributed by atoms with van der Waals surface area (Å²) in [6.07, 6.45) is 2.07. The fourth-order valence-corrected chi connectivity index (χ4v) is 1.41. The lowest BCUT2D eigenvalue weighted by Gasteiger charge is -2.29. The third kappa shape index (κ3) is 2.40. The fraction of sp³-hybridized carbons (Fsp3) is 0.889. The molecular formula is C9H17NO2. The van der Waals surface area contributed by atoms with Gasteiger partial charge in [-0.1, -0.05) is 6.92 Å². The van der Waals surface area contributed by atoms with Gasteiger partial charge in [-0.15, -0.1) is 0 Å². The summed E-state index contributed by atoms with van der Waals surface area (Å²) in [7, 11) is 0. The van der Waals surface area contributed by atoms with Gasteiger partial charge in [0.05, 0.1) is 6.61 Å². The minimum atomic E-state index is -0.149. The molecule has 1 rings (SSSR count). The average Bonchev–Trinajstić information content (AvgIpc) is 2.06. The molecule has 0 aromatic heterocycles. The van der Waals surface area contributed by atoms with Crippen molar-refractivity contribution >= 4 is 6.09 Å². The van der Waals surface area contributed by atoms with Crippen LogP contribution in [0, 0.1) is 5.92 Å². The van der Waals surface area contributed by atoms with Crippen molar-refractivity contribution in [2.45, 2.75) is 26.7 Å². The van der Waals surface area contributed by atoms with E-state index in [1.165, 1.54) is 0 Å². The first-order valence-corrected chi connectivity index (χ1v) is 4.65. The van der Waals surface area contributed by atoms with Crippen LogP contribution in [0.4, 0.5) is 4.79 Å². The number of carbonyl (C=O) groups excluding carboxylic acids is 1. The minimum Gasteiger partial charge on any atom is -0.450 e. The highest BCUT2D eigenvalue weighted by Crippen LogP contribution is 2.16. The van der Waals surface area contributed by atoms with Crippen molar-refractivity contribution in [1.82, 2.24) is 4.90 Å². The summed E-state index contributed by atoms with van der Waals surface area (Å²) < 4.78 is 4.90. The lowest BCUT2D eigenvalue weighted by molar-refractivity contribution is 0.0934. The lowest BCUT2D eigenvalue weighted by atomic mass is 10.00. The average molecular weight is 171 g/mol. The first kappa shape index (κ1) is 9.36. The van der Waals surface area contributed by atoms with Crippen LogP contribution in [-0.4, -0.2) is 30.7 Å². The van der Waals surface area contributed by atoms with Crippen LogP contribution in [0.25, 0.3) is 0 Å². The van der Waals surface area contributed by atoms with Gasteiger partial charge in [0.15, 0.2) is 0 Å². The normalized spacial score (nSPS) is 19.3. The number of carbonyl (C=O) groups is 1. The molecule has 0 N–H and O–H groups in total. The monoisotopic (exact) mass is 171 g/mol. The number of hydrogen-bond acceptors (Lipinski definition) is 2. The van der Waals surface area contributed by atoms with Crippen LogP contribution in [0.5, 0.6) is 0 Å². The van der Waals surface area contributed by atoms with E-state index in [2.05, 4.69) is 6.92 Å². The Kier molecular flexibility index (Phi) is 3.38. The molecule has 70 valence electrons. The summed E-state index contributed by atoms with van der Waals surface area (Å²) in [6.45, 7) is 6.26. The van der Waals surface area contributed by atoms with Crippen LogP contribution in [0.3, 0.4) is 0 Å². The molecule has 1 saturated heterocycles. The molecule has 0 atom stereocenters. The molecule has 0 bridgehead atoms. The van der Waals surface area contributed by atoms with Crippen molar-refractivity contribution < 1.29 is 9.53 Å². The lowest BCUT2D eigenvalue weighted by Crippen LogP contribution is -2.38. The SMILES string of the molecule is CCOC(=O)N1CCC(C)CC1. The number of amides is 1.